The number of rotatable bonds is 3. The quantitative estimate of drug-likeness (QED) is 0.832. The van der Waals surface area contributed by atoms with Crippen molar-refractivity contribution in [2.24, 2.45) is 11.3 Å². The molecule has 1 aromatic carbocycles. The first-order chi connectivity index (χ1) is 13.0. The Hall–Kier alpha value is -2.37. The average molecular weight is 370 g/mol. The number of hydrogen-bond donors (Lipinski definition) is 0. The molecule has 1 atom stereocenters. The van der Waals surface area contributed by atoms with Gasteiger partial charge in [0.2, 0.25) is 5.91 Å². The lowest BCUT2D eigenvalue weighted by molar-refractivity contribution is -0.140. The monoisotopic (exact) mass is 370 g/mol. The van der Waals surface area contributed by atoms with Gasteiger partial charge in [-0.15, -0.1) is 0 Å². The molecule has 142 valence electrons. The number of hydrogen-bond acceptors (Lipinski definition) is 3. The highest BCUT2D eigenvalue weighted by Gasteiger charge is 2.60. The Balaban J connectivity index is 1.34. The fraction of sp³-hybridized carbons (Fsp3) is 0.524. The van der Waals surface area contributed by atoms with Gasteiger partial charge in [0.15, 0.2) is 0 Å². The summed E-state index contributed by atoms with van der Waals surface area (Å²) in [7, 11) is 0. The molecule has 6 heteroatoms. The third-order valence-electron chi connectivity index (χ3n) is 6.50. The van der Waals surface area contributed by atoms with Crippen LogP contribution in [0.15, 0.2) is 28.9 Å². The van der Waals surface area contributed by atoms with Crippen molar-refractivity contribution in [3.8, 4) is 0 Å². The molecule has 1 aromatic heterocycles. The van der Waals surface area contributed by atoms with E-state index in [0.29, 0.717) is 36.5 Å². The van der Waals surface area contributed by atoms with Crippen LogP contribution in [0.3, 0.4) is 0 Å². The van der Waals surface area contributed by atoms with Crippen molar-refractivity contribution in [2.75, 3.05) is 19.6 Å². The normalized spacial score (nSPS) is 24.3. The summed E-state index contributed by atoms with van der Waals surface area (Å²) in [5.74, 6) is 0.175. The Kier molecular flexibility index (Phi) is 3.61. The number of piperazine rings is 1. The molecule has 27 heavy (non-hydrogen) atoms. The van der Waals surface area contributed by atoms with Gasteiger partial charge in [-0.3, -0.25) is 9.59 Å². The van der Waals surface area contributed by atoms with Gasteiger partial charge in [0.25, 0.3) is 5.91 Å². The Morgan fingerprint density at radius 2 is 2.00 bits per heavy atom. The summed E-state index contributed by atoms with van der Waals surface area (Å²) in [6, 6.07) is 4.15. The summed E-state index contributed by atoms with van der Waals surface area (Å²) >= 11 is 0. The Morgan fingerprint density at radius 3 is 2.67 bits per heavy atom. The number of benzene rings is 1. The van der Waals surface area contributed by atoms with E-state index in [1.807, 2.05) is 11.8 Å². The third-order valence-corrected chi connectivity index (χ3v) is 6.50. The predicted molar refractivity (Wildman–Crippen MR) is 97.6 cm³/mol. The van der Waals surface area contributed by atoms with Crippen LogP contribution in [0.2, 0.25) is 0 Å². The third kappa shape index (κ3) is 2.65. The minimum atomic E-state index is -0.450. The standard InChI is InChI=1S/C21H23FN2O3/c1-13-12-23(20(26)21(5-6-21)15-2-3-15)7-8-24(13)19(25)17-11-16(22)10-14-4-9-27-18(14)17/h4,9-11,13,15H,2-3,5-8,12H2,1H3. The number of carbonyl (C=O) groups excluding carboxylic acids is 2. The maximum Gasteiger partial charge on any atom is 0.258 e. The van der Waals surface area contributed by atoms with Crippen LogP contribution in [0.4, 0.5) is 4.39 Å². The summed E-state index contributed by atoms with van der Waals surface area (Å²) in [5.41, 5.74) is 0.575. The first-order valence-corrected chi connectivity index (χ1v) is 9.77. The van der Waals surface area contributed by atoms with E-state index in [-0.39, 0.29) is 28.8 Å². The summed E-state index contributed by atoms with van der Waals surface area (Å²) in [6.45, 7) is 3.49. The number of nitrogens with zero attached hydrogens (tertiary/aromatic N) is 2. The second kappa shape index (κ2) is 5.81. The first-order valence-electron chi connectivity index (χ1n) is 9.77. The highest BCUT2D eigenvalue weighted by atomic mass is 19.1. The number of halogens is 1. The predicted octanol–water partition coefficient (Wildman–Crippen LogP) is 3.44. The fourth-order valence-electron chi connectivity index (χ4n) is 4.68. The van der Waals surface area contributed by atoms with Crippen molar-refractivity contribution in [3.63, 3.8) is 0 Å². The van der Waals surface area contributed by atoms with Crippen LogP contribution in [0, 0.1) is 17.2 Å². The molecule has 2 heterocycles. The van der Waals surface area contributed by atoms with Gasteiger partial charge in [-0.1, -0.05) is 0 Å². The van der Waals surface area contributed by atoms with Gasteiger partial charge in [0.05, 0.1) is 17.2 Å². The highest BCUT2D eigenvalue weighted by Crippen LogP contribution is 2.62. The Morgan fingerprint density at radius 1 is 1.22 bits per heavy atom. The maximum atomic E-state index is 13.9. The van der Waals surface area contributed by atoms with Crippen molar-refractivity contribution in [2.45, 2.75) is 38.6 Å². The van der Waals surface area contributed by atoms with E-state index in [4.69, 9.17) is 4.42 Å². The van der Waals surface area contributed by atoms with Gasteiger partial charge < -0.3 is 14.2 Å². The lowest BCUT2D eigenvalue weighted by Gasteiger charge is -2.41. The van der Waals surface area contributed by atoms with E-state index in [1.165, 1.54) is 31.2 Å². The van der Waals surface area contributed by atoms with Gasteiger partial charge in [-0.25, -0.2) is 4.39 Å². The molecule has 2 amide bonds. The molecule has 3 fully saturated rings. The second-order valence-corrected chi connectivity index (χ2v) is 8.32. The lowest BCUT2D eigenvalue weighted by atomic mass is 9.97. The van der Waals surface area contributed by atoms with Crippen molar-refractivity contribution in [1.29, 1.82) is 0 Å². The number of amides is 2. The number of furan rings is 1. The van der Waals surface area contributed by atoms with Crippen molar-refractivity contribution < 1.29 is 18.4 Å². The van der Waals surface area contributed by atoms with E-state index in [9.17, 15) is 14.0 Å². The van der Waals surface area contributed by atoms with Crippen LogP contribution < -0.4 is 0 Å². The van der Waals surface area contributed by atoms with Crippen molar-refractivity contribution in [1.82, 2.24) is 9.80 Å². The van der Waals surface area contributed by atoms with Crippen LogP contribution in [0.1, 0.15) is 43.0 Å². The van der Waals surface area contributed by atoms with Gasteiger partial charge >= 0.3 is 0 Å². The summed E-state index contributed by atoms with van der Waals surface area (Å²) in [6.07, 6.45) is 5.86. The zero-order chi connectivity index (χ0) is 18.8. The topological polar surface area (TPSA) is 53.8 Å². The van der Waals surface area contributed by atoms with E-state index in [1.54, 1.807) is 11.0 Å². The van der Waals surface area contributed by atoms with Crippen molar-refractivity contribution in [3.05, 3.63) is 35.8 Å². The fourth-order valence-corrected chi connectivity index (χ4v) is 4.68. The summed E-state index contributed by atoms with van der Waals surface area (Å²) in [4.78, 5) is 29.7. The molecular formula is C21H23FN2O3. The Labute approximate surface area is 157 Å². The molecule has 2 saturated carbocycles. The molecule has 0 bridgehead atoms. The molecule has 1 unspecified atom stereocenters. The van der Waals surface area contributed by atoms with Crippen LogP contribution >= 0.6 is 0 Å². The van der Waals surface area contributed by atoms with Crippen LogP contribution in [0.5, 0.6) is 0 Å². The van der Waals surface area contributed by atoms with E-state index in [2.05, 4.69) is 0 Å². The zero-order valence-corrected chi connectivity index (χ0v) is 15.4. The molecule has 1 saturated heterocycles. The van der Waals surface area contributed by atoms with Crippen LogP contribution in [-0.4, -0.2) is 47.3 Å². The molecule has 0 N–H and O–H groups in total. The smallest absolute Gasteiger partial charge is 0.258 e. The molecule has 5 rings (SSSR count). The molecule has 1 aliphatic heterocycles. The number of carbonyl (C=O) groups is 2. The molecule has 2 aromatic rings. The Bertz CT molecular complexity index is 929. The highest BCUT2D eigenvalue weighted by molar-refractivity contribution is 6.05. The molecule has 2 aliphatic carbocycles. The van der Waals surface area contributed by atoms with Crippen molar-refractivity contribution >= 4 is 22.8 Å². The minimum Gasteiger partial charge on any atom is -0.464 e. The van der Waals surface area contributed by atoms with Gasteiger partial charge in [0, 0.05) is 31.1 Å². The minimum absolute atomic E-state index is 0.0885. The summed E-state index contributed by atoms with van der Waals surface area (Å²) in [5, 5.41) is 0.583. The average Bonchev–Trinajstić information content (AvgIpc) is 3.56. The first kappa shape index (κ1) is 16.8. The van der Waals surface area contributed by atoms with Crippen LogP contribution in [0.25, 0.3) is 11.0 Å². The van der Waals surface area contributed by atoms with E-state index < -0.39 is 5.82 Å². The van der Waals surface area contributed by atoms with Gasteiger partial charge in [-0.2, -0.15) is 0 Å². The number of fused-ring (bicyclic) bond motifs is 1. The van der Waals surface area contributed by atoms with E-state index >= 15 is 0 Å². The SMILES string of the molecule is CC1CN(C(=O)C2(C3CC3)CC2)CCN1C(=O)c1cc(F)cc2ccoc12. The van der Waals surface area contributed by atoms with Gasteiger partial charge in [0.1, 0.15) is 11.4 Å². The second-order valence-electron chi connectivity index (χ2n) is 8.32. The molecule has 0 radical (unpaired) electrons. The molecular weight excluding hydrogens is 347 g/mol. The molecule has 5 nitrogen and oxygen atoms in total. The summed E-state index contributed by atoms with van der Waals surface area (Å²) < 4.78 is 19.3. The maximum absolute atomic E-state index is 13.9. The van der Waals surface area contributed by atoms with Crippen LogP contribution in [-0.2, 0) is 4.79 Å². The lowest BCUT2D eigenvalue weighted by Crippen LogP contribution is -2.56. The van der Waals surface area contributed by atoms with E-state index in [0.717, 1.165) is 12.8 Å². The zero-order valence-electron chi connectivity index (χ0n) is 15.4. The molecule has 0 spiro atoms. The largest absolute Gasteiger partial charge is 0.464 e. The van der Waals surface area contributed by atoms with Gasteiger partial charge in [-0.05, 0) is 56.7 Å². The molecule has 3 aliphatic rings.